The Balaban J connectivity index is 1.48. The van der Waals surface area contributed by atoms with Crippen molar-refractivity contribution >= 4 is 5.97 Å². The third-order valence-corrected chi connectivity index (χ3v) is 3.34. The Morgan fingerprint density at radius 2 is 1.95 bits per heavy atom. The van der Waals surface area contributed by atoms with Gasteiger partial charge >= 0.3 is 5.97 Å². The summed E-state index contributed by atoms with van der Waals surface area (Å²) < 4.78 is 28.7. The van der Waals surface area contributed by atoms with Gasteiger partial charge in [0.25, 0.3) is 0 Å². The molecule has 1 heterocycles. The van der Waals surface area contributed by atoms with E-state index in [0.717, 1.165) is 11.1 Å². The number of fused-ring (bicyclic) bond motifs is 1. The molecule has 0 amide bonds. The lowest BCUT2D eigenvalue weighted by molar-refractivity contribution is -0.144. The second-order valence-corrected chi connectivity index (χ2v) is 4.98. The first kappa shape index (κ1) is 14.4. The zero-order chi connectivity index (χ0) is 15.4. The highest BCUT2D eigenvalue weighted by molar-refractivity contribution is 5.69. The third kappa shape index (κ3) is 3.55. The summed E-state index contributed by atoms with van der Waals surface area (Å²) in [5.74, 6) is 0.739. The molecule has 1 aliphatic rings. The Hall–Kier alpha value is -2.56. The summed E-state index contributed by atoms with van der Waals surface area (Å²) >= 11 is 0. The minimum Gasteiger partial charge on any atom is -0.461 e. The number of ether oxygens (including phenoxy) is 3. The van der Waals surface area contributed by atoms with Gasteiger partial charge in [0, 0.05) is 6.42 Å². The molecule has 0 atom stereocenters. The highest BCUT2D eigenvalue weighted by Crippen LogP contribution is 2.32. The van der Waals surface area contributed by atoms with E-state index in [1.807, 2.05) is 6.07 Å². The van der Waals surface area contributed by atoms with Crippen LogP contribution in [0.15, 0.2) is 42.5 Å². The molecule has 0 bridgehead atoms. The van der Waals surface area contributed by atoms with Crippen LogP contribution in [0, 0.1) is 5.82 Å². The molecule has 2 aromatic rings. The van der Waals surface area contributed by atoms with E-state index in [0.29, 0.717) is 17.9 Å². The maximum Gasteiger partial charge on any atom is 0.306 e. The first-order chi connectivity index (χ1) is 10.7. The van der Waals surface area contributed by atoms with Crippen molar-refractivity contribution in [2.75, 3.05) is 6.79 Å². The first-order valence-corrected chi connectivity index (χ1v) is 6.99. The van der Waals surface area contributed by atoms with E-state index in [-0.39, 0.29) is 31.6 Å². The first-order valence-electron chi connectivity index (χ1n) is 6.99. The fourth-order valence-corrected chi connectivity index (χ4v) is 2.21. The van der Waals surface area contributed by atoms with E-state index in [1.54, 1.807) is 24.3 Å². The summed E-state index contributed by atoms with van der Waals surface area (Å²) in [6.45, 7) is 0.394. The molecule has 3 rings (SSSR count). The second kappa shape index (κ2) is 6.47. The normalized spacial score (nSPS) is 12.2. The van der Waals surface area contributed by atoms with Crippen LogP contribution >= 0.6 is 0 Å². The van der Waals surface area contributed by atoms with Crippen molar-refractivity contribution in [3.8, 4) is 11.5 Å². The van der Waals surface area contributed by atoms with E-state index in [4.69, 9.17) is 14.2 Å². The van der Waals surface area contributed by atoms with Gasteiger partial charge in [0.2, 0.25) is 6.79 Å². The average Bonchev–Trinajstić information content (AvgIpc) is 2.98. The summed E-state index contributed by atoms with van der Waals surface area (Å²) in [4.78, 5) is 11.7. The fourth-order valence-electron chi connectivity index (χ4n) is 2.21. The zero-order valence-electron chi connectivity index (χ0n) is 11.9. The smallest absolute Gasteiger partial charge is 0.306 e. The molecule has 22 heavy (non-hydrogen) atoms. The number of rotatable bonds is 5. The SMILES string of the molecule is O=C(CCc1cccc(F)c1)OCc1ccc2c(c1)OCO2. The quantitative estimate of drug-likeness (QED) is 0.795. The fraction of sp³-hybridized carbons (Fsp3) is 0.235. The Morgan fingerprint density at radius 1 is 1.09 bits per heavy atom. The maximum atomic E-state index is 13.0. The summed E-state index contributed by atoms with van der Waals surface area (Å²) in [6, 6.07) is 11.6. The van der Waals surface area contributed by atoms with Crippen molar-refractivity contribution < 1.29 is 23.4 Å². The lowest BCUT2D eigenvalue weighted by atomic mass is 10.1. The zero-order valence-corrected chi connectivity index (χ0v) is 11.9. The Morgan fingerprint density at radius 3 is 2.82 bits per heavy atom. The molecule has 0 aromatic heterocycles. The van der Waals surface area contributed by atoms with E-state index in [1.165, 1.54) is 12.1 Å². The number of carbonyl (C=O) groups is 1. The molecular formula is C17H15FO4. The summed E-state index contributed by atoms with van der Waals surface area (Å²) in [5.41, 5.74) is 1.61. The lowest BCUT2D eigenvalue weighted by Gasteiger charge is -2.06. The van der Waals surface area contributed by atoms with Crippen molar-refractivity contribution in [2.24, 2.45) is 0 Å². The molecule has 0 N–H and O–H groups in total. The van der Waals surface area contributed by atoms with E-state index in [2.05, 4.69) is 0 Å². The molecule has 2 aromatic carbocycles. The number of carbonyl (C=O) groups excluding carboxylic acids is 1. The number of esters is 1. The van der Waals surface area contributed by atoms with E-state index >= 15 is 0 Å². The minimum atomic E-state index is -0.318. The van der Waals surface area contributed by atoms with Gasteiger partial charge in [-0.25, -0.2) is 4.39 Å². The van der Waals surface area contributed by atoms with Crippen LogP contribution in [0.4, 0.5) is 4.39 Å². The molecule has 0 fully saturated rings. The number of hydrogen-bond donors (Lipinski definition) is 0. The molecule has 0 saturated heterocycles. The van der Waals surface area contributed by atoms with Gasteiger partial charge in [0.15, 0.2) is 11.5 Å². The number of hydrogen-bond acceptors (Lipinski definition) is 4. The van der Waals surface area contributed by atoms with Crippen molar-refractivity contribution in [3.63, 3.8) is 0 Å². The molecule has 1 aliphatic heterocycles. The Labute approximate surface area is 127 Å². The van der Waals surface area contributed by atoms with Crippen molar-refractivity contribution in [1.82, 2.24) is 0 Å². The predicted octanol–water partition coefficient (Wildman–Crippen LogP) is 3.23. The lowest BCUT2D eigenvalue weighted by Crippen LogP contribution is -2.06. The van der Waals surface area contributed by atoms with Gasteiger partial charge < -0.3 is 14.2 Å². The summed E-state index contributed by atoms with van der Waals surface area (Å²) in [6.07, 6.45) is 0.672. The van der Waals surface area contributed by atoms with Gasteiger partial charge in [-0.15, -0.1) is 0 Å². The number of halogens is 1. The second-order valence-electron chi connectivity index (χ2n) is 4.98. The largest absolute Gasteiger partial charge is 0.461 e. The van der Waals surface area contributed by atoms with Crippen LogP contribution in [0.1, 0.15) is 17.5 Å². The average molecular weight is 302 g/mol. The molecule has 0 unspecified atom stereocenters. The Bertz CT molecular complexity index is 684. The van der Waals surface area contributed by atoms with Gasteiger partial charge in [-0.05, 0) is 41.8 Å². The van der Waals surface area contributed by atoms with Crippen molar-refractivity contribution in [2.45, 2.75) is 19.4 Å². The van der Waals surface area contributed by atoms with Crippen LogP contribution in [0.25, 0.3) is 0 Å². The van der Waals surface area contributed by atoms with Crippen LogP contribution in [-0.2, 0) is 22.6 Å². The minimum absolute atomic E-state index is 0.179. The molecule has 0 radical (unpaired) electrons. The number of benzene rings is 2. The van der Waals surface area contributed by atoms with Gasteiger partial charge in [0.05, 0.1) is 0 Å². The van der Waals surface area contributed by atoms with Gasteiger partial charge in [-0.3, -0.25) is 4.79 Å². The van der Waals surface area contributed by atoms with Gasteiger partial charge in [-0.1, -0.05) is 18.2 Å². The van der Waals surface area contributed by atoms with E-state index in [9.17, 15) is 9.18 Å². The molecule has 0 saturated carbocycles. The monoisotopic (exact) mass is 302 g/mol. The molecule has 4 nitrogen and oxygen atoms in total. The predicted molar refractivity (Wildman–Crippen MR) is 77.1 cm³/mol. The highest BCUT2D eigenvalue weighted by atomic mass is 19.1. The molecule has 0 aliphatic carbocycles. The third-order valence-electron chi connectivity index (χ3n) is 3.34. The van der Waals surface area contributed by atoms with Gasteiger partial charge in [-0.2, -0.15) is 0 Å². The highest BCUT2D eigenvalue weighted by Gasteiger charge is 2.13. The van der Waals surface area contributed by atoms with Crippen molar-refractivity contribution in [3.05, 3.63) is 59.4 Å². The van der Waals surface area contributed by atoms with Gasteiger partial charge in [0.1, 0.15) is 12.4 Å². The number of aryl methyl sites for hydroxylation is 1. The van der Waals surface area contributed by atoms with E-state index < -0.39 is 0 Å². The maximum absolute atomic E-state index is 13.0. The summed E-state index contributed by atoms with van der Waals surface area (Å²) in [5, 5.41) is 0. The topological polar surface area (TPSA) is 44.8 Å². The van der Waals surface area contributed by atoms with Crippen molar-refractivity contribution in [1.29, 1.82) is 0 Å². The standard InChI is InChI=1S/C17H15FO4/c18-14-3-1-2-12(8-14)5-7-17(19)20-10-13-4-6-15-16(9-13)22-11-21-15/h1-4,6,8-9H,5,7,10-11H2. The molecular weight excluding hydrogens is 287 g/mol. The van der Waals surface area contributed by atoms with Crippen LogP contribution in [0.2, 0.25) is 0 Å². The van der Waals surface area contributed by atoms with Crippen LogP contribution in [0.3, 0.4) is 0 Å². The van der Waals surface area contributed by atoms with Crippen LogP contribution in [0.5, 0.6) is 11.5 Å². The van der Waals surface area contributed by atoms with Crippen LogP contribution in [-0.4, -0.2) is 12.8 Å². The Kier molecular flexibility index (Phi) is 4.23. The molecule has 114 valence electrons. The van der Waals surface area contributed by atoms with Crippen LogP contribution < -0.4 is 9.47 Å². The summed E-state index contributed by atoms with van der Waals surface area (Å²) in [7, 11) is 0. The molecule has 5 heteroatoms. The molecule has 0 spiro atoms.